The van der Waals surface area contributed by atoms with Crippen molar-refractivity contribution >= 4 is 27.4 Å². The highest BCUT2D eigenvalue weighted by Crippen LogP contribution is 2.45. The Hall–Kier alpha value is -2.49. The van der Waals surface area contributed by atoms with Crippen molar-refractivity contribution in [2.45, 2.75) is 19.3 Å². The molecule has 0 saturated heterocycles. The Balaban J connectivity index is 2.10. The van der Waals surface area contributed by atoms with Crippen LogP contribution in [0.2, 0.25) is 0 Å². The molecule has 4 rings (SSSR count). The number of pyridine rings is 1. The predicted molar refractivity (Wildman–Crippen MR) is 98.6 cm³/mol. The molecule has 2 heterocycles. The first-order chi connectivity index (χ1) is 11.5. The number of hydrogen-bond donors (Lipinski definition) is 0. The van der Waals surface area contributed by atoms with Gasteiger partial charge in [-0.25, -0.2) is 0 Å². The Labute approximate surface area is 142 Å². The summed E-state index contributed by atoms with van der Waals surface area (Å²) < 4.78 is 10.9. The molecule has 124 valence electrons. The minimum atomic E-state index is 0.107. The molecule has 1 aromatic heterocycles. The molecular weight excluding hydrogens is 300 g/mol. The number of fused-ring (bicyclic) bond motifs is 5. The minimum absolute atomic E-state index is 0.107. The zero-order valence-electron chi connectivity index (χ0n) is 14.8. The summed E-state index contributed by atoms with van der Waals surface area (Å²) in [7, 11) is 5.46. The monoisotopic (exact) mass is 322 g/mol. The predicted octanol–water partition coefficient (Wildman–Crippen LogP) is 4.13. The fourth-order valence-corrected chi connectivity index (χ4v) is 4.06. The van der Waals surface area contributed by atoms with Crippen LogP contribution in [0.5, 0.6) is 11.5 Å². The molecule has 0 fully saturated rings. The SMILES string of the molecule is COc1cc2ccc3c4c(cnc3c2cc1OC)N(C)CC4(C)C. The third kappa shape index (κ3) is 1.95. The average Bonchev–Trinajstić information content (AvgIpc) is 2.82. The van der Waals surface area contributed by atoms with Crippen LogP contribution in [0.1, 0.15) is 19.4 Å². The molecule has 4 heteroatoms. The Kier molecular flexibility index (Phi) is 3.14. The summed E-state index contributed by atoms with van der Waals surface area (Å²) in [6.07, 6.45) is 2.00. The van der Waals surface area contributed by atoms with Crippen molar-refractivity contribution in [3.63, 3.8) is 0 Å². The van der Waals surface area contributed by atoms with Gasteiger partial charge in [-0.3, -0.25) is 4.98 Å². The van der Waals surface area contributed by atoms with Crippen LogP contribution >= 0.6 is 0 Å². The number of benzene rings is 2. The maximum absolute atomic E-state index is 5.48. The highest BCUT2D eigenvalue weighted by atomic mass is 16.5. The normalized spacial score (nSPS) is 15.8. The first-order valence-corrected chi connectivity index (χ1v) is 8.15. The molecule has 1 aliphatic rings. The van der Waals surface area contributed by atoms with E-state index in [0.29, 0.717) is 0 Å². The summed E-state index contributed by atoms with van der Waals surface area (Å²) in [5, 5.41) is 3.43. The van der Waals surface area contributed by atoms with Gasteiger partial charge in [-0.1, -0.05) is 26.0 Å². The van der Waals surface area contributed by atoms with Crippen molar-refractivity contribution in [1.82, 2.24) is 4.98 Å². The first kappa shape index (κ1) is 15.1. The van der Waals surface area contributed by atoms with Crippen LogP contribution in [-0.4, -0.2) is 32.8 Å². The van der Waals surface area contributed by atoms with Crippen molar-refractivity contribution in [3.8, 4) is 11.5 Å². The molecule has 0 N–H and O–H groups in total. The minimum Gasteiger partial charge on any atom is -0.493 e. The van der Waals surface area contributed by atoms with Crippen molar-refractivity contribution in [3.05, 3.63) is 36.0 Å². The van der Waals surface area contributed by atoms with Gasteiger partial charge in [0.1, 0.15) is 0 Å². The molecule has 0 unspecified atom stereocenters. The topological polar surface area (TPSA) is 34.6 Å². The summed E-state index contributed by atoms with van der Waals surface area (Å²) in [6, 6.07) is 8.38. The summed E-state index contributed by atoms with van der Waals surface area (Å²) in [6.45, 7) is 5.61. The van der Waals surface area contributed by atoms with Crippen LogP contribution < -0.4 is 14.4 Å². The quantitative estimate of drug-likeness (QED) is 0.664. The Morgan fingerprint density at radius 3 is 2.46 bits per heavy atom. The zero-order valence-corrected chi connectivity index (χ0v) is 14.8. The highest BCUT2D eigenvalue weighted by Gasteiger charge is 2.35. The van der Waals surface area contributed by atoms with Gasteiger partial charge in [0, 0.05) is 29.8 Å². The average molecular weight is 322 g/mol. The van der Waals surface area contributed by atoms with E-state index in [4.69, 9.17) is 14.5 Å². The molecule has 0 bridgehead atoms. The molecule has 0 saturated carbocycles. The fourth-order valence-electron chi connectivity index (χ4n) is 4.06. The summed E-state index contributed by atoms with van der Waals surface area (Å²) in [5.41, 5.74) is 3.74. The fraction of sp³-hybridized carbons (Fsp3) is 0.350. The van der Waals surface area contributed by atoms with Gasteiger partial charge in [0.2, 0.25) is 0 Å². The second-order valence-corrected chi connectivity index (χ2v) is 7.15. The van der Waals surface area contributed by atoms with E-state index in [1.807, 2.05) is 18.3 Å². The first-order valence-electron chi connectivity index (χ1n) is 8.15. The van der Waals surface area contributed by atoms with Crippen LogP contribution in [0.25, 0.3) is 21.7 Å². The van der Waals surface area contributed by atoms with Gasteiger partial charge in [-0.2, -0.15) is 0 Å². The molecule has 0 amide bonds. The third-order valence-corrected chi connectivity index (χ3v) is 5.06. The Morgan fingerprint density at radius 1 is 1.04 bits per heavy atom. The molecule has 24 heavy (non-hydrogen) atoms. The standard InChI is InChI=1S/C20H22N2O2/c1-20(2)11-22(3)15-10-21-19-13(18(15)20)7-6-12-8-16(23-4)17(24-5)9-14(12)19/h6-10H,11H2,1-5H3. The van der Waals surface area contributed by atoms with E-state index in [9.17, 15) is 0 Å². The number of nitrogens with zero attached hydrogens (tertiary/aromatic N) is 2. The number of likely N-dealkylation sites (N-methyl/N-ethyl adjacent to an activating group) is 1. The molecule has 0 spiro atoms. The second-order valence-electron chi connectivity index (χ2n) is 7.15. The molecule has 0 aliphatic carbocycles. The van der Waals surface area contributed by atoms with E-state index in [1.165, 1.54) is 16.6 Å². The third-order valence-electron chi connectivity index (χ3n) is 5.06. The van der Waals surface area contributed by atoms with Gasteiger partial charge < -0.3 is 14.4 Å². The lowest BCUT2D eigenvalue weighted by Crippen LogP contribution is -2.25. The maximum atomic E-state index is 5.48. The van der Waals surface area contributed by atoms with Gasteiger partial charge in [0.25, 0.3) is 0 Å². The number of hydrogen-bond acceptors (Lipinski definition) is 4. The summed E-state index contributed by atoms with van der Waals surface area (Å²) in [5.74, 6) is 1.47. The van der Waals surface area contributed by atoms with Gasteiger partial charge in [0.15, 0.2) is 11.5 Å². The van der Waals surface area contributed by atoms with E-state index in [2.05, 4.69) is 37.9 Å². The highest BCUT2D eigenvalue weighted by molar-refractivity contribution is 6.09. The van der Waals surface area contributed by atoms with E-state index >= 15 is 0 Å². The summed E-state index contributed by atoms with van der Waals surface area (Å²) in [4.78, 5) is 7.08. The smallest absolute Gasteiger partial charge is 0.161 e. The largest absolute Gasteiger partial charge is 0.493 e. The Bertz CT molecular complexity index is 963. The van der Waals surface area contributed by atoms with E-state index in [0.717, 1.165) is 34.3 Å². The molecule has 1 aliphatic heterocycles. The maximum Gasteiger partial charge on any atom is 0.161 e. The van der Waals surface area contributed by atoms with Crippen LogP contribution in [0.4, 0.5) is 5.69 Å². The molecule has 0 atom stereocenters. The van der Waals surface area contributed by atoms with Crippen molar-refractivity contribution in [2.24, 2.45) is 0 Å². The molecule has 4 nitrogen and oxygen atoms in total. The molecule has 2 aromatic carbocycles. The second kappa shape index (κ2) is 5.00. The lowest BCUT2D eigenvalue weighted by atomic mass is 9.84. The van der Waals surface area contributed by atoms with E-state index in [-0.39, 0.29) is 5.41 Å². The molecular formula is C20H22N2O2. The summed E-state index contributed by atoms with van der Waals surface area (Å²) >= 11 is 0. The van der Waals surface area contributed by atoms with Crippen molar-refractivity contribution < 1.29 is 9.47 Å². The van der Waals surface area contributed by atoms with Gasteiger partial charge in [0.05, 0.1) is 31.6 Å². The number of rotatable bonds is 2. The van der Waals surface area contributed by atoms with Crippen molar-refractivity contribution in [2.75, 3.05) is 32.7 Å². The Morgan fingerprint density at radius 2 is 1.75 bits per heavy atom. The lowest BCUT2D eigenvalue weighted by molar-refractivity contribution is 0.356. The number of methoxy groups -OCH3 is 2. The number of anilines is 1. The number of aromatic nitrogens is 1. The van der Waals surface area contributed by atoms with Crippen LogP contribution in [0.3, 0.4) is 0 Å². The van der Waals surface area contributed by atoms with Crippen LogP contribution in [-0.2, 0) is 5.41 Å². The van der Waals surface area contributed by atoms with Crippen LogP contribution in [0.15, 0.2) is 30.5 Å². The molecule has 0 radical (unpaired) electrons. The molecule has 3 aromatic rings. The van der Waals surface area contributed by atoms with Gasteiger partial charge in [-0.05, 0) is 23.1 Å². The van der Waals surface area contributed by atoms with Crippen molar-refractivity contribution in [1.29, 1.82) is 0 Å². The van der Waals surface area contributed by atoms with E-state index < -0.39 is 0 Å². The van der Waals surface area contributed by atoms with Crippen LogP contribution in [0, 0.1) is 0 Å². The van der Waals surface area contributed by atoms with Gasteiger partial charge >= 0.3 is 0 Å². The lowest BCUT2D eigenvalue weighted by Gasteiger charge is -2.20. The number of ether oxygens (including phenoxy) is 2. The zero-order chi connectivity index (χ0) is 17.1. The van der Waals surface area contributed by atoms with E-state index in [1.54, 1.807) is 14.2 Å². The van der Waals surface area contributed by atoms with Gasteiger partial charge in [-0.15, -0.1) is 0 Å².